The van der Waals surface area contributed by atoms with Gasteiger partial charge in [-0.1, -0.05) is 17.2 Å². The molecule has 3 N–H and O–H groups in total. The number of para-hydroxylation sites is 1. The Bertz CT molecular complexity index is 1330. The minimum atomic E-state index is -0.522. The van der Waals surface area contributed by atoms with Crippen LogP contribution in [0.15, 0.2) is 77.2 Å². The van der Waals surface area contributed by atoms with Crippen molar-refractivity contribution in [1.82, 2.24) is 10.2 Å². The van der Waals surface area contributed by atoms with E-state index >= 15 is 0 Å². The fraction of sp³-hybridized carbons (Fsp3) is 0. The number of non-ortho nitro benzene ring substituents is 1. The summed E-state index contributed by atoms with van der Waals surface area (Å²) in [6.45, 7) is 0. The smallest absolute Gasteiger partial charge is 0.322 e. The van der Waals surface area contributed by atoms with Crippen LogP contribution in [0.25, 0.3) is 11.5 Å². The fourth-order valence-electron chi connectivity index (χ4n) is 2.85. The Labute approximate surface area is 185 Å². The van der Waals surface area contributed by atoms with Crippen LogP contribution in [0, 0.1) is 10.1 Å². The second-order valence-corrected chi connectivity index (χ2v) is 6.72. The molecule has 0 aliphatic rings. The van der Waals surface area contributed by atoms with Gasteiger partial charge in [0.15, 0.2) is 0 Å². The summed E-state index contributed by atoms with van der Waals surface area (Å²) < 4.78 is 5.39. The van der Waals surface area contributed by atoms with Gasteiger partial charge in [0.2, 0.25) is 5.89 Å². The number of phenolic OH excluding ortho intramolecular Hbond substituents is 1. The quantitative estimate of drug-likeness (QED) is 0.298. The Hall–Kier alpha value is -5.06. The predicted molar refractivity (Wildman–Crippen MR) is 117 cm³/mol. The number of aromatic nitrogens is 2. The van der Waals surface area contributed by atoms with Crippen molar-refractivity contribution in [3.63, 3.8) is 0 Å². The summed E-state index contributed by atoms with van der Waals surface area (Å²) in [5.74, 6) is -1.07. The number of carbonyl (C=O) groups excluding carboxylic acids is 2. The molecule has 0 aliphatic heterocycles. The summed E-state index contributed by atoms with van der Waals surface area (Å²) in [5, 5.41) is 33.2. The molecule has 33 heavy (non-hydrogen) atoms. The maximum atomic E-state index is 12.4. The lowest BCUT2D eigenvalue weighted by Crippen LogP contribution is -2.14. The molecule has 0 saturated heterocycles. The third kappa shape index (κ3) is 4.82. The molecule has 4 rings (SSSR count). The van der Waals surface area contributed by atoms with Gasteiger partial charge in [0.1, 0.15) is 5.75 Å². The highest BCUT2D eigenvalue weighted by molar-refractivity contribution is 6.07. The van der Waals surface area contributed by atoms with Crippen LogP contribution in [-0.2, 0) is 0 Å². The highest BCUT2D eigenvalue weighted by Crippen LogP contribution is 2.23. The van der Waals surface area contributed by atoms with E-state index in [1.807, 2.05) is 0 Å². The van der Waals surface area contributed by atoms with E-state index in [1.165, 1.54) is 60.7 Å². The molecule has 3 aromatic carbocycles. The number of nitro benzene ring substituents is 1. The van der Waals surface area contributed by atoms with Gasteiger partial charge in [-0.15, -0.1) is 5.10 Å². The van der Waals surface area contributed by atoms with Crippen molar-refractivity contribution in [3.05, 3.63) is 94.0 Å². The minimum absolute atomic E-state index is 0.0769. The molecule has 0 fully saturated rings. The molecule has 2 amide bonds. The van der Waals surface area contributed by atoms with E-state index in [1.54, 1.807) is 12.1 Å². The van der Waals surface area contributed by atoms with Gasteiger partial charge in [-0.05, 0) is 48.5 Å². The number of nitrogens with zero attached hydrogens (tertiary/aromatic N) is 3. The summed E-state index contributed by atoms with van der Waals surface area (Å²) in [7, 11) is 0. The summed E-state index contributed by atoms with van der Waals surface area (Å²) in [5.41, 5.74) is 1.20. The average Bonchev–Trinajstić information content (AvgIpc) is 3.28. The SMILES string of the molecule is O=C(Nc1nnc(-c2ccc([N+](=O)[O-])cc2)o1)c1ccc(NC(=O)c2ccccc2O)cc1. The Morgan fingerprint density at radius 3 is 2.24 bits per heavy atom. The molecular formula is C22H15N5O6. The zero-order valence-corrected chi connectivity index (χ0v) is 16.8. The van der Waals surface area contributed by atoms with Gasteiger partial charge in [-0.25, -0.2) is 0 Å². The molecule has 0 radical (unpaired) electrons. The van der Waals surface area contributed by atoms with Gasteiger partial charge < -0.3 is 14.8 Å². The van der Waals surface area contributed by atoms with E-state index in [0.717, 1.165) is 0 Å². The van der Waals surface area contributed by atoms with Crippen molar-refractivity contribution in [3.8, 4) is 17.2 Å². The highest BCUT2D eigenvalue weighted by atomic mass is 16.6. The number of benzene rings is 3. The van der Waals surface area contributed by atoms with E-state index in [0.29, 0.717) is 11.3 Å². The molecule has 1 heterocycles. The van der Waals surface area contributed by atoms with Crippen LogP contribution in [0.3, 0.4) is 0 Å². The largest absolute Gasteiger partial charge is 0.507 e. The summed E-state index contributed by atoms with van der Waals surface area (Å²) >= 11 is 0. The van der Waals surface area contributed by atoms with Crippen molar-refractivity contribution in [2.24, 2.45) is 0 Å². The minimum Gasteiger partial charge on any atom is -0.507 e. The number of phenols is 1. The molecule has 0 atom stereocenters. The zero-order valence-electron chi connectivity index (χ0n) is 16.8. The second-order valence-electron chi connectivity index (χ2n) is 6.72. The summed E-state index contributed by atoms with van der Waals surface area (Å²) in [6.07, 6.45) is 0. The maximum Gasteiger partial charge on any atom is 0.322 e. The first kappa shape index (κ1) is 21.2. The first-order valence-electron chi connectivity index (χ1n) is 9.50. The number of nitrogens with one attached hydrogen (secondary N) is 2. The van der Waals surface area contributed by atoms with E-state index in [4.69, 9.17) is 4.42 Å². The van der Waals surface area contributed by atoms with Crippen LogP contribution < -0.4 is 10.6 Å². The van der Waals surface area contributed by atoms with Gasteiger partial charge in [0, 0.05) is 28.9 Å². The predicted octanol–water partition coefficient (Wildman–Crippen LogP) is 3.86. The Balaban J connectivity index is 1.39. The Kier molecular flexibility index (Phi) is 5.76. The lowest BCUT2D eigenvalue weighted by molar-refractivity contribution is -0.384. The molecule has 0 bridgehead atoms. The third-order valence-electron chi connectivity index (χ3n) is 4.52. The van der Waals surface area contributed by atoms with E-state index in [9.17, 15) is 24.8 Å². The average molecular weight is 445 g/mol. The van der Waals surface area contributed by atoms with Crippen LogP contribution in [0.1, 0.15) is 20.7 Å². The van der Waals surface area contributed by atoms with Crippen LogP contribution >= 0.6 is 0 Å². The number of anilines is 2. The van der Waals surface area contributed by atoms with Gasteiger partial charge >= 0.3 is 6.01 Å². The molecule has 1 aromatic heterocycles. The summed E-state index contributed by atoms with van der Waals surface area (Å²) in [4.78, 5) is 34.9. The lowest BCUT2D eigenvalue weighted by atomic mass is 10.1. The monoisotopic (exact) mass is 445 g/mol. The third-order valence-corrected chi connectivity index (χ3v) is 4.52. The number of nitro groups is 1. The number of aromatic hydroxyl groups is 1. The van der Waals surface area contributed by atoms with E-state index in [2.05, 4.69) is 20.8 Å². The summed E-state index contributed by atoms with van der Waals surface area (Å²) in [6, 6.07) is 17.6. The Morgan fingerprint density at radius 2 is 1.58 bits per heavy atom. The molecule has 0 aliphatic carbocycles. The number of rotatable bonds is 6. The zero-order chi connectivity index (χ0) is 23.4. The first-order valence-corrected chi connectivity index (χ1v) is 9.50. The second kappa shape index (κ2) is 8.98. The number of hydrogen-bond donors (Lipinski definition) is 3. The van der Waals surface area contributed by atoms with E-state index < -0.39 is 16.7 Å². The first-order chi connectivity index (χ1) is 15.9. The molecule has 11 nitrogen and oxygen atoms in total. The topological polar surface area (TPSA) is 160 Å². The normalized spacial score (nSPS) is 10.4. The van der Waals surface area contributed by atoms with Crippen molar-refractivity contribution in [2.45, 2.75) is 0 Å². The molecule has 0 saturated carbocycles. The molecule has 0 spiro atoms. The molecular weight excluding hydrogens is 430 g/mol. The van der Waals surface area contributed by atoms with Crippen molar-refractivity contribution < 1.29 is 24.0 Å². The van der Waals surface area contributed by atoms with Crippen molar-refractivity contribution >= 4 is 29.2 Å². The van der Waals surface area contributed by atoms with Gasteiger partial charge in [0.25, 0.3) is 17.5 Å². The molecule has 0 unspecified atom stereocenters. The van der Waals surface area contributed by atoms with Crippen LogP contribution in [0.5, 0.6) is 5.75 Å². The highest BCUT2D eigenvalue weighted by Gasteiger charge is 2.15. The van der Waals surface area contributed by atoms with Crippen LogP contribution in [-0.4, -0.2) is 32.0 Å². The molecule has 4 aromatic rings. The lowest BCUT2D eigenvalue weighted by Gasteiger charge is -2.07. The van der Waals surface area contributed by atoms with Crippen LogP contribution in [0.2, 0.25) is 0 Å². The van der Waals surface area contributed by atoms with Gasteiger partial charge in [0.05, 0.1) is 10.5 Å². The number of amides is 2. The Morgan fingerprint density at radius 1 is 0.879 bits per heavy atom. The number of hydrogen-bond acceptors (Lipinski definition) is 8. The number of carbonyl (C=O) groups is 2. The van der Waals surface area contributed by atoms with Crippen molar-refractivity contribution in [2.75, 3.05) is 10.6 Å². The fourth-order valence-corrected chi connectivity index (χ4v) is 2.85. The standard InChI is InChI=1S/C22H15N5O6/c28-18-4-2-1-3-17(18)20(30)23-15-9-5-13(6-10-15)19(29)24-22-26-25-21(33-22)14-7-11-16(12-8-14)27(31)32/h1-12,28H,(H,23,30)(H,24,26,29). The van der Waals surface area contributed by atoms with E-state index in [-0.39, 0.29) is 34.5 Å². The van der Waals surface area contributed by atoms with Gasteiger partial charge in [-0.2, -0.15) is 0 Å². The maximum absolute atomic E-state index is 12.4. The molecule has 164 valence electrons. The van der Waals surface area contributed by atoms with Crippen molar-refractivity contribution in [1.29, 1.82) is 0 Å². The van der Waals surface area contributed by atoms with Gasteiger partial charge in [-0.3, -0.25) is 25.0 Å². The molecule has 11 heteroatoms. The van der Waals surface area contributed by atoms with Crippen LogP contribution in [0.4, 0.5) is 17.4 Å².